The Kier molecular flexibility index (Phi) is 31.1. The quantitative estimate of drug-likeness (QED) is 0.344. The fourth-order valence-electron chi connectivity index (χ4n) is 0. The van der Waals surface area contributed by atoms with Crippen LogP contribution in [-0.2, 0) is 0 Å². The van der Waals surface area contributed by atoms with Crippen molar-refractivity contribution in [1.29, 1.82) is 0 Å². The van der Waals surface area contributed by atoms with Gasteiger partial charge in [0.15, 0.2) is 0 Å². The van der Waals surface area contributed by atoms with Gasteiger partial charge in [-0.1, -0.05) is 0 Å². The van der Waals surface area contributed by atoms with Crippen LogP contribution in [0.3, 0.4) is 0 Å². The SMILES string of the molecule is C[C-](C)C.C[CH-]C.[Mg+2]. The van der Waals surface area contributed by atoms with E-state index in [9.17, 15) is 0 Å². The summed E-state index contributed by atoms with van der Waals surface area (Å²) in [6.45, 7) is 10.2. The van der Waals surface area contributed by atoms with Crippen molar-refractivity contribution in [3.05, 3.63) is 12.3 Å². The summed E-state index contributed by atoms with van der Waals surface area (Å²) >= 11 is 0. The van der Waals surface area contributed by atoms with E-state index < -0.39 is 0 Å². The number of hydrogen-bond acceptors (Lipinski definition) is 0. The second-order valence-electron chi connectivity index (χ2n) is 2.08. The molecule has 46 valence electrons. The first-order valence-electron chi connectivity index (χ1n) is 2.65. The Morgan fingerprint density at radius 2 is 1.00 bits per heavy atom. The predicted octanol–water partition coefficient (Wildman–Crippen LogP) is 2.47. The molecule has 0 N–H and O–H groups in total. The molecular weight excluding hydrogens is 108 g/mol. The van der Waals surface area contributed by atoms with Crippen LogP contribution < -0.4 is 0 Å². The molecule has 0 aliphatic carbocycles. The van der Waals surface area contributed by atoms with E-state index in [-0.39, 0.29) is 23.1 Å². The molecule has 0 aromatic heterocycles. The van der Waals surface area contributed by atoms with Gasteiger partial charge in [-0.25, -0.2) is 0 Å². The summed E-state index contributed by atoms with van der Waals surface area (Å²) < 4.78 is 0. The van der Waals surface area contributed by atoms with Gasteiger partial charge in [0, 0.05) is 0 Å². The van der Waals surface area contributed by atoms with Crippen molar-refractivity contribution in [3.63, 3.8) is 0 Å². The van der Waals surface area contributed by atoms with Crippen LogP contribution in [0.4, 0.5) is 0 Å². The van der Waals surface area contributed by atoms with Gasteiger partial charge in [0.1, 0.15) is 0 Å². The molecule has 0 aliphatic heterocycles. The van der Waals surface area contributed by atoms with E-state index in [1.54, 1.807) is 0 Å². The van der Waals surface area contributed by atoms with Crippen molar-refractivity contribution in [2.45, 2.75) is 34.6 Å². The minimum Gasteiger partial charge on any atom is -0.335 e. The van der Waals surface area contributed by atoms with E-state index >= 15 is 0 Å². The van der Waals surface area contributed by atoms with Crippen molar-refractivity contribution >= 4 is 23.1 Å². The molecule has 0 spiro atoms. The molecule has 0 saturated carbocycles. The maximum atomic E-state index is 2.08. The van der Waals surface area contributed by atoms with Gasteiger partial charge in [0.2, 0.25) is 0 Å². The first-order chi connectivity index (χ1) is 3.15. The third kappa shape index (κ3) is 383. The minimum atomic E-state index is 0. The second-order valence-corrected chi connectivity index (χ2v) is 2.08. The van der Waals surface area contributed by atoms with Crippen molar-refractivity contribution in [1.82, 2.24) is 0 Å². The van der Waals surface area contributed by atoms with Crippen molar-refractivity contribution in [3.8, 4) is 0 Å². The molecule has 0 heterocycles. The van der Waals surface area contributed by atoms with Crippen LogP contribution in [0.25, 0.3) is 0 Å². The smallest absolute Gasteiger partial charge is 0.335 e. The fourth-order valence-corrected chi connectivity index (χ4v) is 0. The van der Waals surface area contributed by atoms with Crippen LogP contribution in [0.5, 0.6) is 0 Å². The van der Waals surface area contributed by atoms with Crippen molar-refractivity contribution in [2.75, 3.05) is 0 Å². The molecule has 0 aliphatic rings. The van der Waals surface area contributed by atoms with E-state index in [1.165, 1.54) is 5.92 Å². The zero-order chi connectivity index (χ0) is 6.28. The summed E-state index contributed by atoms with van der Waals surface area (Å²) in [7, 11) is 0. The molecule has 0 aromatic carbocycles. The van der Waals surface area contributed by atoms with Gasteiger partial charge in [-0.3, -0.25) is 0 Å². The van der Waals surface area contributed by atoms with E-state index in [4.69, 9.17) is 0 Å². The van der Waals surface area contributed by atoms with E-state index in [2.05, 4.69) is 20.8 Å². The Morgan fingerprint density at radius 3 is 1.00 bits per heavy atom. The third-order valence-electron chi connectivity index (χ3n) is 0. The van der Waals surface area contributed by atoms with Crippen LogP contribution in [0.1, 0.15) is 34.6 Å². The zero-order valence-corrected chi connectivity index (χ0v) is 8.20. The monoisotopic (exact) mass is 124 g/mol. The predicted molar refractivity (Wildman–Crippen MR) is 41.7 cm³/mol. The summed E-state index contributed by atoms with van der Waals surface area (Å²) in [6.07, 6.45) is 2.00. The number of rotatable bonds is 0. The summed E-state index contributed by atoms with van der Waals surface area (Å²) in [4.78, 5) is 0. The van der Waals surface area contributed by atoms with Crippen LogP contribution in [-0.4, -0.2) is 23.1 Å². The molecule has 0 amide bonds. The van der Waals surface area contributed by atoms with Crippen LogP contribution in [0.2, 0.25) is 0 Å². The average molecular weight is 125 g/mol. The Bertz CT molecular complexity index is 15.6. The van der Waals surface area contributed by atoms with Crippen molar-refractivity contribution in [2.24, 2.45) is 0 Å². The van der Waals surface area contributed by atoms with E-state index in [0.29, 0.717) is 0 Å². The van der Waals surface area contributed by atoms with Gasteiger partial charge < -0.3 is 12.3 Å². The molecule has 0 aromatic rings. The van der Waals surface area contributed by atoms with Gasteiger partial charge in [0.05, 0.1) is 0 Å². The largest absolute Gasteiger partial charge is 2.00 e. The Labute approximate surface area is 70.2 Å². The molecule has 0 radical (unpaired) electrons. The normalized spacial score (nSPS) is 6.75. The van der Waals surface area contributed by atoms with E-state index in [0.717, 1.165) is 0 Å². The average Bonchev–Trinajstić information content (AvgIpc) is 1.33. The van der Waals surface area contributed by atoms with Gasteiger partial charge in [0.25, 0.3) is 0 Å². The minimum absolute atomic E-state index is 0. The van der Waals surface area contributed by atoms with E-state index in [1.807, 2.05) is 20.3 Å². The second kappa shape index (κ2) is 15.7. The molecule has 0 nitrogen and oxygen atoms in total. The fraction of sp³-hybridized carbons (Fsp3) is 0.714. The molecule has 0 saturated heterocycles. The molecule has 0 fully saturated rings. The summed E-state index contributed by atoms with van der Waals surface area (Å²) in [5.41, 5.74) is 0. The molecule has 8 heavy (non-hydrogen) atoms. The molecule has 0 unspecified atom stereocenters. The Hall–Kier alpha value is 0.766. The first kappa shape index (κ1) is 15.9. The van der Waals surface area contributed by atoms with Crippen LogP contribution >= 0.6 is 0 Å². The summed E-state index contributed by atoms with van der Waals surface area (Å²) in [6, 6.07) is 0. The maximum absolute atomic E-state index is 2.08. The third-order valence-corrected chi connectivity index (χ3v) is 0. The first-order valence-corrected chi connectivity index (χ1v) is 2.65. The topological polar surface area (TPSA) is 0 Å². The van der Waals surface area contributed by atoms with Gasteiger partial charge in [-0.05, 0) is 0 Å². The molecule has 0 rings (SSSR count). The molecule has 1 heteroatoms. The van der Waals surface area contributed by atoms with Crippen molar-refractivity contribution < 1.29 is 0 Å². The van der Waals surface area contributed by atoms with Crippen LogP contribution in [0.15, 0.2) is 0 Å². The summed E-state index contributed by atoms with van der Waals surface area (Å²) in [5.74, 6) is 1.42. The van der Waals surface area contributed by atoms with Gasteiger partial charge >= 0.3 is 23.1 Å². The maximum Gasteiger partial charge on any atom is 2.00 e. The van der Waals surface area contributed by atoms with Crippen LogP contribution in [0, 0.1) is 12.3 Å². The molecule has 0 bridgehead atoms. The Morgan fingerprint density at radius 1 is 1.00 bits per heavy atom. The standard InChI is InChI=1S/C4H9.C3H7.Mg/c1-4(2)3;1-3-2;/h1-3H3;3H,1-2H3;/q2*-1;+2. The van der Waals surface area contributed by atoms with Gasteiger partial charge in [-0.2, -0.15) is 34.6 Å². The van der Waals surface area contributed by atoms with Gasteiger partial charge in [-0.15, -0.1) is 0 Å². The molecular formula is C7H16Mg. The summed E-state index contributed by atoms with van der Waals surface area (Å²) in [5, 5.41) is 0. The zero-order valence-electron chi connectivity index (χ0n) is 6.78. The molecule has 0 atom stereocenters. The number of hydrogen-bond donors (Lipinski definition) is 0. The Balaban J connectivity index is -0.0000000575.